The Morgan fingerprint density at radius 1 is 1.12 bits per heavy atom. The van der Waals surface area contributed by atoms with E-state index in [0.717, 1.165) is 23.0 Å². The summed E-state index contributed by atoms with van der Waals surface area (Å²) >= 11 is 0. The highest BCUT2D eigenvalue weighted by molar-refractivity contribution is 6.03. The highest BCUT2D eigenvalue weighted by Crippen LogP contribution is 2.27. The molecule has 1 unspecified atom stereocenters. The molecule has 0 aliphatic heterocycles. The summed E-state index contributed by atoms with van der Waals surface area (Å²) in [5.74, 6) is -0.521. The number of Topliss-reactive ketones (excluding diaryl/α,β-unsaturated/α-hetero) is 1. The topological polar surface area (TPSA) is 95.3 Å². The molecule has 1 amide bonds. The van der Waals surface area contributed by atoms with Crippen molar-refractivity contribution in [3.63, 3.8) is 0 Å². The first-order valence-corrected chi connectivity index (χ1v) is 10.8. The second-order valence-corrected chi connectivity index (χ2v) is 8.69. The van der Waals surface area contributed by atoms with Crippen LogP contribution in [0.4, 0.5) is 5.69 Å². The van der Waals surface area contributed by atoms with Gasteiger partial charge in [0.15, 0.2) is 5.78 Å². The Morgan fingerprint density at radius 3 is 2.47 bits per heavy atom. The lowest BCUT2D eigenvalue weighted by Gasteiger charge is -2.31. The zero-order chi connectivity index (χ0) is 23.6. The van der Waals surface area contributed by atoms with Crippen molar-refractivity contribution in [3.8, 4) is 0 Å². The third kappa shape index (κ3) is 4.61. The van der Waals surface area contributed by atoms with Gasteiger partial charge in [-0.25, -0.2) is 4.79 Å². The van der Waals surface area contributed by atoms with Gasteiger partial charge in [0.1, 0.15) is 0 Å². The number of aromatic nitrogens is 2. The molecule has 1 aromatic carbocycles. The highest BCUT2D eigenvalue weighted by Gasteiger charge is 2.28. The Balaban J connectivity index is 2.03. The standard InChI is InChI=1S/C25H31N3O4/c1-14(2)11-15(3)28(19-7-8-20-18(12-19)9-10-26-20)22(30)13-21-23(25(31)32-6)16(4)24(27-21)17(5)29/h7-10,12,14-15,26-27H,11,13H2,1-6H3. The van der Waals surface area contributed by atoms with Gasteiger partial charge in [-0.15, -0.1) is 0 Å². The van der Waals surface area contributed by atoms with Crippen molar-refractivity contribution in [1.82, 2.24) is 9.97 Å². The van der Waals surface area contributed by atoms with E-state index < -0.39 is 5.97 Å². The van der Waals surface area contributed by atoms with E-state index in [9.17, 15) is 14.4 Å². The number of benzene rings is 1. The second-order valence-electron chi connectivity index (χ2n) is 8.69. The smallest absolute Gasteiger partial charge is 0.339 e. The van der Waals surface area contributed by atoms with Gasteiger partial charge in [-0.05, 0) is 56.0 Å². The van der Waals surface area contributed by atoms with E-state index in [4.69, 9.17) is 4.74 Å². The fourth-order valence-electron chi connectivity index (χ4n) is 4.38. The number of aromatic amines is 2. The molecule has 0 saturated carbocycles. The molecular formula is C25H31N3O4. The summed E-state index contributed by atoms with van der Waals surface area (Å²) in [6, 6.07) is 7.79. The number of H-pyrrole nitrogens is 2. The van der Waals surface area contributed by atoms with Crippen LogP contribution in [0.3, 0.4) is 0 Å². The Morgan fingerprint density at radius 2 is 1.84 bits per heavy atom. The fourth-order valence-corrected chi connectivity index (χ4v) is 4.38. The molecule has 0 spiro atoms. The third-order valence-electron chi connectivity index (χ3n) is 5.73. The number of nitrogens with one attached hydrogen (secondary N) is 2. The van der Waals surface area contributed by atoms with Crippen LogP contribution in [-0.4, -0.2) is 40.8 Å². The Bertz CT molecular complexity index is 1160. The molecular weight excluding hydrogens is 406 g/mol. The molecule has 2 heterocycles. The van der Waals surface area contributed by atoms with E-state index in [2.05, 4.69) is 23.8 Å². The molecule has 0 aliphatic rings. The predicted molar refractivity (Wildman–Crippen MR) is 125 cm³/mol. The van der Waals surface area contributed by atoms with Crippen molar-refractivity contribution >= 4 is 34.3 Å². The minimum atomic E-state index is -0.565. The number of nitrogens with zero attached hydrogens (tertiary/aromatic N) is 1. The number of methoxy groups -OCH3 is 1. The van der Waals surface area contributed by atoms with E-state index in [0.29, 0.717) is 22.9 Å². The fraction of sp³-hybridized carbons (Fsp3) is 0.400. The predicted octanol–water partition coefficient (Wildman–Crippen LogP) is 4.80. The van der Waals surface area contributed by atoms with Crippen LogP contribution in [0, 0.1) is 12.8 Å². The number of hydrogen-bond acceptors (Lipinski definition) is 4. The minimum Gasteiger partial charge on any atom is -0.465 e. The van der Waals surface area contributed by atoms with E-state index in [1.165, 1.54) is 14.0 Å². The lowest BCUT2D eigenvalue weighted by molar-refractivity contribution is -0.118. The third-order valence-corrected chi connectivity index (χ3v) is 5.73. The Kier molecular flexibility index (Phi) is 6.87. The summed E-state index contributed by atoms with van der Waals surface area (Å²) in [6.07, 6.45) is 2.64. The summed E-state index contributed by atoms with van der Waals surface area (Å²) in [5, 5.41) is 1.02. The van der Waals surface area contributed by atoms with Crippen LogP contribution in [-0.2, 0) is 16.0 Å². The van der Waals surface area contributed by atoms with Crippen molar-refractivity contribution in [1.29, 1.82) is 0 Å². The van der Waals surface area contributed by atoms with Crippen LogP contribution >= 0.6 is 0 Å². The van der Waals surface area contributed by atoms with Crippen molar-refractivity contribution < 1.29 is 19.1 Å². The molecule has 0 saturated heterocycles. The van der Waals surface area contributed by atoms with Gasteiger partial charge in [0.05, 0.1) is 24.8 Å². The highest BCUT2D eigenvalue weighted by atomic mass is 16.5. The summed E-state index contributed by atoms with van der Waals surface area (Å²) in [7, 11) is 1.29. The molecule has 3 aromatic rings. The normalized spacial score (nSPS) is 12.2. The average Bonchev–Trinajstić information content (AvgIpc) is 3.31. The summed E-state index contributed by atoms with van der Waals surface area (Å²) < 4.78 is 4.92. The molecule has 0 radical (unpaired) electrons. The van der Waals surface area contributed by atoms with E-state index in [1.807, 2.05) is 37.4 Å². The van der Waals surface area contributed by atoms with Gasteiger partial charge >= 0.3 is 5.97 Å². The number of rotatable bonds is 8. The van der Waals surface area contributed by atoms with Crippen molar-refractivity contribution in [2.45, 2.75) is 53.5 Å². The number of ether oxygens (including phenoxy) is 1. The van der Waals surface area contributed by atoms with Crippen molar-refractivity contribution in [2.24, 2.45) is 5.92 Å². The molecule has 7 nitrogen and oxygen atoms in total. The number of carbonyl (C=O) groups excluding carboxylic acids is 3. The number of carbonyl (C=O) groups is 3. The molecule has 2 N–H and O–H groups in total. The van der Waals surface area contributed by atoms with E-state index in [-0.39, 0.29) is 29.7 Å². The maximum Gasteiger partial charge on any atom is 0.339 e. The zero-order valence-electron chi connectivity index (χ0n) is 19.5. The summed E-state index contributed by atoms with van der Waals surface area (Å²) in [6.45, 7) is 9.39. The number of hydrogen-bond donors (Lipinski definition) is 2. The monoisotopic (exact) mass is 437 g/mol. The zero-order valence-corrected chi connectivity index (χ0v) is 19.5. The van der Waals surface area contributed by atoms with Crippen LogP contribution < -0.4 is 4.90 Å². The SMILES string of the molecule is COC(=O)c1c(CC(=O)N(c2ccc3[nH]ccc3c2)C(C)CC(C)C)[nH]c(C(C)=O)c1C. The average molecular weight is 438 g/mol. The Hall–Kier alpha value is -3.35. The van der Waals surface area contributed by atoms with E-state index >= 15 is 0 Å². The molecule has 170 valence electrons. The molecule has 3 rings (SSSR count). The quantitative estimate of drug-likeness (QED) is 0.391. The van der Waals surface area contributed by atoms with E-state index in [1.54, 1.807) is 11.8 Å². The van der Waals surface area contributed by atoms with Crippen LogP contribution in [0.1, 0.15) is 66.2 Å². The lowest BCUT2D eigenvalue weighted by Crippen LogP contribution is -2.40. The summed E-state index contributed by atoms with van der Waals surface area (Å²) in [4.78, 5) is 46.0. The number of amides is 1. The maximum absolute atomic E-state index is 13.6. The number of anilines is 1. The van der Waals surface area contributed by atoms with Crippen LogP contribution in [0.15, 0.2) is 30.5 Å². The van der Waals surface area contributed by atoms with Gasteiger partial charge in [-0.2, -0.15) is 0 Å². The van der Waals surface area contributed by atoms with Crippen LogP contribution in [0.2, 0.25) is 0 Å². The van der Waals surface area contributed by atoms with Crippen molar-refractivity contribution in [2.75, 3.05) is 12.0 Å². The number of esters is 1. The lowest BCUT2D eigenvalue weighted by atomic mass is 10.0. The van der Waals surface area contributed by atoms with Crippen molar-refractivity contribution in [3.05, 3.63) is 53.0 Å². The first-order valence-electron chi connectivity index (χ1n) is 10.8. The minimum absolute atomic E-state index is 0.0494. The number of ketones is 1. The molecule has 0 aliphatic carbocycles. The van der Waals surface area contributed by atoms with Gasteiger partial charge in [0.25, 0.3) is 0 Å². The molecule has 7 heteroatoms. The molecule has 0 fully saturated rings. The maximum atomic E-state index is 13.6. The molecule has 1 atom stereocenters. The summed E-state index contributed by atoms with van der Waals surface area (Å²) in [5.41, 5.74) is 3.27. The Labute approximate surface area is 188 Å². The molecule has 0 bridgehead atoms. The van der Waals surface area contributed by atoms with Crippen LogP contribution in [0.5, 0.6) is 0 Å². The molecule has 32 heavy (non-hydrogen) atoms. The van der Waals surface area contributed by atoms with Gasteiger partial charge < -0.3 is 19.6 Å². The van der Waals surface area contributed by atoms with Gasteiger partial charge in [-0.1, -0.05) is 13.8 Å². The first kappa shape index (κ1) is 23.3. The molecule has 2 aromatic heterocycles. The van der Waals surface area contributed by atoms with Crippen LogP contribution in [0.25, 0.3) is 10.9 Å². The first-order chi connectivity index (χ1) is 15.1. The van der Waals surface area contributed by atoms with Gasteiger partial charge in [0.2, 0.25) is 5.91 Å². The number of fused-ring (bicyclic) bond motifs is 1. The van der Waals surface area contributed by atoms with Gasteiger partial charge in [-0.3, -0.25) is 9.59 Å². The second kappa shape index (κ2) is 9.42. The van der Waals surface area contributed by atoms with Gasteiger partial charge in [0, 0.05) is 41.4 Å². The largest absolute Gasteiger partial charge is 0.465 e.